The molecule has 2 aromatic carbocycles. The third kappa shape index (κ3) is 4.28. The summed E-state index contributed by atoms with van der Waals surface area (Å²) in [4.78, 5) is 26.0. The zero-order valence-corrected chi connectivity index (χ0v) is 15.5. The lowest BCUT2D eigenvalue weighted by Crippen LogP contribution is -2.37. The maximum absolute atomic E-state index is 12.6. The first-order valence-corrected chi connectivity index (χ1v) is 8.51. The largest absolute Gasteiger partial charge is 0.324 e. The maximum atomic E-state index is 12.6. The highest BCUT2D eigenvalue weighted by atomic mass is 16.2. The van der Waals surface area contributed by atoms with Gasteiger partial charge in [0.1, 0.15) is 12.6 Å². The van der Waals surface area contributed by atoms with E-state index in [0.717, 1.165) is 16.8 Å². The summed E-state index contributed by atoms with van der Waals surface area (Å²) in [6.45, 7) is 7.30. The van der Waals surface area contributed by atoms with E-state index in [4.69, 9.17) is 0 Å². The number of nitriles is 1. The van der Waals surface area contributed by atoms with Crippen LogP contribution in [0, 0.1) is 18.3 Å². The molecule has 0 heterocycles. The molecule has 0 radical (unpaired) electrons. The predicted octanol–water partition coefficient (Wildman–Crippen LogP) is 3.98. The summed E-state index contributed by atoms with van der Waals surface area (Å²) >= 11 is 0. The van der Waals surface area contributed by atoms with Crippen molar-refractivity contribution in [2.45, 2.75) is 33.6 Å². The van der Waals surface area contributed by atoms with Gasteiger partial charge in [-0.3, -0.25) is 9.59 Å². The number of nitrogens with zero attached hydrogens (tertiary/aromatic N) is 2. The number of hydrogen-bond donors (Lipinski definition) is 1. The van der Waals surface area contributed by atoms with Gasteiger partial charge in [-0.05, 0) is 36.1 Å². The Morgan fingerprint density at radius 1 is 1.15 bits per heavy atom. The molecule has 0 aliphatic rings. The monoisotopic (exact) mass is 349 g/mol. The Kier molecular flexibility index (Phi) is 6.13. The SMILES string of the molecule is CC(=O)N(CC(=O)Nc1c(C)cccc1C(C)C)c1ccccc1C#N. The highest BCUT2D eigenvalue weighted by Crippen LogP contribution is 2.27. The van der Waals surface area contributed by atoms with E-state index in [9.17, 15) is 14.9 Å². The molecule has 0 saturated heterocycles. The Labute approximate surface area is 154 Å². The molecular weight excluding hydrogens is 326 g/mol. The lowest BCUT2D eigenvalue weighted by Gasteiger charge is -2.23. The fraction of sp³-hybridized carbons (Fsp3) is 0.286. The molecule has 26 heavy (non-hydrogen) atoms. The van der Waals surface area contributed by atoms with E-state index in [-0.39, 0.29) is 24.3 Å². The van der Waals surface area contributed by atoms with Gasteiger partial charge in [0.05, 0.1) is 11.3 Å². The van der Waals surface area contributed by atoms with E-state index in [1.807, 2.05) is 25.1 Å². The van der Waals surface area contributed by atoms with Crippen molar-refractivity contribution in [3.63, 3.8) is 0 Å². The van der Waals surface area contributed by atoms with Gasteiger partial charge < -0.3 is 10.2 Å². The van der Waals surface area contributed by atoms with E-state index >= 15 is 0 Å². The number of amides is 2. The Morgan fingerprint density at radius 2 is 1.85 bits per heavy atom. The molecule has 0 aliphatic heterocycles. The van der Waals surface area contributed by atoms with Gasteiger partial charge in [0, 0.05) is 12.6 Å². The lowest BCUT2D eigenvalue weighted by atomic mass is 9.98. The van der Waals surface area contributed by atoms with E-state index in [1.54, 1.807) is 24.3 Å². The molecule has 134 valence electrons. The molecule has 0 unspecified atom stereocenters. The molecule has 2 amide bonds. The number of aryl methyl sites for hydroxylation is 1. The van der Waals surface area contributed by atoms with E-state index in [2.05, 4.69) is 25.2 Å². The summed E-state index contributed by atoms with van der Waals surface area (Å²) in [7, 11) is 0. The van der Waals surface area contributed by atoms with Crippen LogP contribution in [0.5, 0.6) is 0 Å². The van der Waals surface area contributed by atoms with Crippen molar-refractivity contribution < 1.29 is 9.59 Å². The van der Waals surface area contributed by atoms with Crippen molar-refractivity contribution in [2.75, 3.05) is 16.8 Å². The zero-order valence-electron chi connectivity index (χ0n) is 15.5. The summed E-state index contributed by atoms with van der Waals surface area (Å²) in [5.74, 6) is -0.339. The van der Waals surface area contributed by atoms with Gasteiger partial charge in [0.25, 0.3) is 0 Å². The Hall–Kier alpha value is -3.13. The molecule has 2 aromatic rings. The van der Waals surface area contributed by atoms with Crippen LogP contribution >= 0.6 is 0 Å². The lowest BCUT2D eigenvalue weighted by molar-refractivity contribution is -0.120. The summed E-state index contributed by atoms with van der Waals surface area (Å²) in [6, 6.07) is 14.7. The number of carbonyl (C=O) groups is 2. The van der Waals surface area contributed by atoms with Crippen LogP contribution in [0.1, 0.15) is 43.4 Å². The van der Waals surface area contributed by atoms with Gasteiger partial charge in [-0.25, -0.2) is 0 Å². The van der Waals surface area contributed by atoms with Crippen molar-refractivity contribution in [3.05, 3.63) is 59.2 Å². The van der Waals surface area contributed by atoms with E-state index < -0.39 is 0 Å². The molecule has 0 saturated carbocycles. The van der Waals surface area contributed by atoms with Gasteiger partial charge in [0.15, 0.2) is 0 Å². The number of anilines is 2. The first kappa shape index (κ1) is 19.2. The van der Waals surface area contributed by atoms with Crippen LogP contribution in [-0.2, 0) is 9.59 Å². The Bertz CT molecular complexity index is 866. The fourth-order valence-electron chi connectivity index (χ4n) is 2.83. The molecular formula is C21H23N3O2. The topological polar surface area (TPSA) is 73.2 Å². The highest BCUT2D eigenvalue weighted by molar-refractivity contribution is 6.03. The van der Waals surface area contributed by atoms with Crippen molar-refractivity contribution in [3.8, 4) is 6.07 Å². The minimum absolute atomic E-state index is 0.153. The summed E-state index contributed by atoms with van der Waals surface area (Å²) in [5.41, 5.74) is 3.59. The van der Waals surface area contributed by atoms with Gasteiger partial charge in [-0.1, -0.05) is 44.2 Å². The predicted molar refractivity (Wildman–Crippen MR) is 103 cm³/mol. The molecule has 0 atom stereocenters. The molecule has 0 aromatic heterocycles. The second-order valence-electron chi connectivity index (χ2n) is 6.48. The summed E-state index contributed by atoms with van der Waals surface area (Å²) < 4.78 is 0. The molecule has 2 rings (SSSR count). The summed E-state index contributed by atoms with van der Waals surface area (Å²) in [5, 5.41) is 12.2. The van der Waals surface area contributed by atoms with Crippen LogP contribution in [0.4, 0.5) is 11.4 Å². The second-order valence-corrected chi connectivity index (χ2v) is 6.48. The molecule has 0 spiro atoms. The normalized spacial score (nSPS) is 10.3. The maximum Gasteiger partial charge on any atom is 0.244 e. The van der Waals surface area contributed by atoms with Crippen molar-refractivity contribution >= 4 is 23.2 Å². The Balaban J connectivity index is 2.28. The van der Waals surface area contributed by atoms with Crippen molar-refractivity contribution in [2.24, 2.45) is 0 Å². The van der Waals surface area contributed by atoms with Gasteiger partial charge >= 0.3 is 0 Å². The van der Waals surface area contributed by atoms with Gasteiger partial charge in [-0.2, -0.15) is 5.26 Å². The third-order valence-electron chi connectivity index (χ3n) is 4.19. The minimum Gasteiger partial charge on any atom is -0.324 e. The number of hydrogen-bond acceptors (Lipinski definition) is 3. The molecule has 5 nitrogen and oxygen atoms in total. The number of nitrogens with one attached hydrogen (secondary N) is 1. The van der Waals surface area contributed by atoms with E-state index in [1.165, 1.54) is 11.8 Å². The fourth-order valence-corrected chi connectivity index (χ4v) is 2.83. The average molecular weight is 349 g/mol. The number of rotatable bonds is 5. The molecule has 5 heteroatoms. The molecule has 0 aliphatic carbocycles. The van der Waals surface area contributed by atoms with Crippen molar-refractivity contribution in [1.82, 2.24) is 0 Å². The molecule has 1 N–H and O–H groups in total. The highest BCUT2D eigenvalue weighted by Gasteiger charge is 2.20. The van der Waals surface area contributed by atoms with Crippen molar-refractivity contribution in [1.29, 1.82) is 5.26 Å². The summed E-state index contributed by atoms with van der Waals surface area (Å²) in [6.07, 6.45) is 0. The smallest absolute Gasteiger partial charge is 0.244 e. The second kappa shape index (κ2) is 8.30. The van der Waals surface area contributed by atoms with Gasteiger partial charge in [0.2, 0.25) is 11.8 Å². The third-order valence-corrected chi connectivity index (χ3v) is 4.19. The molecule has 0 fully saturated rings. The number of benzene rings is 2. The number of carbonyl (C=O) groups excluding carboxylic acids is 2. The molecule has 0 bridgehead atoms. The van der Waals surface area contributed by atoms with Crippen LogP contribution in [0.3, 0.4) is 0 Å². The van der Waals surface area contributed by atoms with Crippen LogP contribution in [0.15, 0.2) is 42.5 Å². The van der Waals surface area contributed by atoms with Crippen LogP contribution in [0.25, 0.3) is 0 Å². The minimum atomic E-state index is -0.302. The van der Waals surface area contributed by atoms with Gasteiger partial charge in [-0.15, -0.1) is 0 Å². The zero-order chi connectivity index (χ0) is 19.3. The first-order chi connectivity index (χ1) is 12.3. The van der Waals surface area contributed by atoms with Crippen LogP contribution in [0.2, 0.25) is 0 Å². The Morgan fingerprint density at radius 3 is 2.46 bits per heavy atom. The quantitative estimate of drug-likeness (QED) is 0.887. The van der Waals surface area contributed by atoms with E-state index in [0.29, 0.717) is 11.3 Å². The first-order valence-electron chi connectivity index (χ1n) is 8.51. The van der Waals surface area contributed by atoms with Crippen LogP contribution < -0.4 is 10.2 Å². The van der Waals surface area contributed by atoms with Crippen LogP contribution in [-0.4, -0.2) is 18.4 Å². The number of para-hydroxylation sites is 2. The average Bonchev–Trinajstić information content (AvgIpc) is 2.61. The standard InChI is InChI=1S/C21H23N3O2/c1-14(2)18-10-7-8-15(3)21(18)23-20(26)13-24(16(4)25)19-11-6-5-9-17(19)12-22/h5-11,14H,13H2,1-4H3,(H,23,26).